The molecule has 2 aromatic carbocycles. The normalized spacial score (nSPS) is 21.3. The largest absolute Gasteiger partial charge is 0.496 e. The number of aliphatic hydroxyl groups excluding tert-OH is 2. The van der Waals surface area contributed by atoms with E-state index in [-0.39, 0.29) is 24.3 Å². The van der Waals surface area contributed by atoms with Crippen LogP contribution in [0.25, 0.3) is 42.6 Å². The molecule has 12 nitrogen and oxygen atoms in total. The number of pyridine rings is 2. The molecule has 1 aliphatic heterocycles. The van der Waals surface area contributed by atoms with Crippen LogP contribution >= 0.6 is 39.1 Å². The molecule has 16 heteroatoms. The number of nitrogen functional groups attached to an aromatic ring is 2. The van der Waals surface area contributed by atoms with Crippen molar-refractivity contribution < 1.29 is 19.5 Å². The Hall–Kier alpha value is -4.64. The third-order valence-corrected chi connectivity index (χ3v) is 14.4. The first-order valence-corrected chi connectivity index (χ1v) is 22.1. The van der Waals surface area contributed by atoms with Gasteiger partial charge in [-0.15, -0.1) is 0 Å². The predicted octanol–water partition coefficient (Wildman–Crippen LogP) is 10.8. The molecule has 6 N–H and O–H groups in total. The van der Waals surface area contributed by atoms with Crippen LogP contribution in [0.4, 0.5) is 22.7 Å². The van der Waals surface area contributed by atoms with Gasteiger partial charge in [-0.05, 0) is 142 Å². The Kier molecular flexibility index (Phi) is 13.1. The van der Waals surface area contributed by atoms with Crippen molar-refractivity contribution >= 4 is 96.3 Å². The summed E-state index contributed by atoms with van der Waals surface area (Å²) in [6.45, 7) is 27.0. The Morgan fingerprint density at radius 1 is 0.726 bits per heavy atom. The lowest BCUT2D eigenvalue weighted by molar-refractivity contribution is 0.00578. The van der Waals surface area contributed by atoms with E-state index in [4.69, 9.17) is 57.1 Å². The lowest BCUT2D eigenvalue weighted by Crippen LogP contribution is -2.41. The van der Waals surface area contributed by atoms with E-state index in [0.717, 1.165) is 92.5 Å². The smallest absolute Gasteiger partial charge is 0.399 e. The van der Waals surface area contributed by atoms with Crippen molar-refractivity contribution in [2.75, 3.05) is 11.5 Å². The van der Waals surface area contributed by atoms with Crippen molar-refractivity contribution in [3.05, 3.63) is 110 Å². The highest BCUT2D eigenvalue weighted by Crippen LogP contribution is 2.43. The van der Waals surface area contributed by atoms with Crippen molar-refractivity contribution in [2.24, 2.45) is 0 Å². The van der Waals surface area contributed by atoms with E-state index in [1.807, 2.05) is 59.7 Å². The first-order chi connectivity index (χ1) is 29.3. The van der Waals surface area contributed by atoms with Gasteiger partial charge in [0.1, 0.15) is 0 Å². The van der Waals surface area contributed by atoms with Crippen LogP contribution in [0.3, 0.4) is 0 Å². The number of aliphatic hydroxyl groups is 2. The molecule has 0 amide bonds. The molecule has 6 aromatic rings. The third kappa shape index (κ3) is 8.80. The molecule has 3 aliphatic rings. The second kappa shape index (κ2) is 17.9. The summed E-state index contributed by atoms with van der Waals surface area (Å²) in [7, 11) is -0.466. The van der Waals surface area contributed by atoms with Gasteiger partial charge in [0.05, 0.1) is 74.8 Å². The van der Waals surface area contributed by atoms with E-state index >= 15 is 0 Å². The summed E-state index contributed by atoms with van der Waals surface area (Å²) >= 11 is 15.3. The highest BCUT2D eigenvalue weighted by Gasteiger charge is 2.52. The average molecular weight is 941 g/mol. The second-order valence-electron chi connectivity index (χ2n) is 17.4. The lowest BCUT2D eigenvalue weighted by Gasteiger charge is -2.32. The predicted molar refractivity (Wildman–Crippen MR) is 253 cm³/mol. The Morgan fingerprint density at radius 2 is 1.21 bits per heavy atom. The Balaban J connectivity index is 0.000000156. The van der Waals surface area contributed by atoms with Crippen molar-refractivity contribution in [1.82, 2.24) is 19.1 Å². The van der Waals surface area contributed by atoms with Gasteiger partial charge in [-0.3, -0.25) is 9.97 Å². The summed E-state index contributed by atoms with van der Waals surface area (Å²) in [5, 5.41) is 22.9. The van der Waals surface area contributed by atoms with E-state index in [1.165, 1.54) is 12.4 Å². The van der Waals surface area contributed by atoms with Gasteiger partial charge in [0.2, 0.25) is 0 Å². The van der Waals surface area contributed by atoms with Crippen LogP contribution in [0.15, 0.2) is 65.9 Å². The van der Waals surface area contributed by atoms with Gasteiger partial charge < -0.3 is 40.1 Å². The van der Waals surface area contributed by atoms with Crippen molar-refractivity contribution in [1.29, 1.82) is 0 Å². The van der Waals surface area contributed by atoms with Crippen LogP contribution in [0.2, 0.25) is 10.0 Å². The van der Waals surface area contributed by atoms with Crippen molar-refractivity contribution in [2.45, 2.75) is 116 Å². The number of fused-ring (bicyclic) bond motifs is 2. The zero-order valence-electron chi connectivity index (χ0n) is 35.6. The summed E-state index contributed by atoms with van der Waals surface area (Å²) in [5.41, 5.74) is 19.4. The van der Waals surface area contributed by atoms with Gasteiger partial charge in [0, 0.05) is 64.5 Å². The highest BCUT2D eigenvalue weighted by molar-refractivity contribution is 9.10. The highest BCUT2D eigenvalue weighted by atomic mass is 79.9. The molecule has 62 heavy (non-hydrogen) atoms. The molecule has 1 saturated heterocycles. The third-order valence-electron chi connectivity index (χ3n) is 12.7. The van der Waals surface area contributed by atoms with E-state index in [0.29, 0.717) is 32.8 Å². The van der Waals surface area contributed by atoms with Crippen molar-refractivity contribution in [3.63, 3.8) is 0 Å². The number of anilines is 2. The minimum Gasteiger partial charge on any atom is -0.399 e. The molecule has 2 aliphatic carbocycles. The SMILES string of the molecule is Nc1cncc(Br)c1Cl.[C-]#[N+]c1cc2c(-c3cncc(N)c3Cl)cn([C@@H]3CC[C@@H](O)C3)c2cc1C.[C-]#[N+]c1cc2c(B3OC(C)(C)C(C)(C)O3)cn([C@@H]3CC[C@@H](O)C3)c2cc1C. The molecule has 4 aromatic heterocycles. The number of rotatable bonds is 4. The van der Waals surface area contributed by atoms with Gasteiger partial charge in [-0.1, -0.05) is 23.2 Å². The summed E-state index contributed by atoms with van der Waals surface area (Å²) in [6, 6.07) is 8.49. The summed E-state index contributed by atoms with van der Waals surface area (Å²) < 4.78 is 17.8. The number of halogens is 3. The molecular weight excluding hydrogens is 890 g/mol. The summed E-state index contributed by atoms with van der Waals surface area (Å²) in [4.78, 5) is 15.3. The van der Waals surface area contributed by atoms with Gasteiger partial charge >= 0.3 is 7.12 Å². The van der Waals surface area contributed by atoms with Crippen LogP contribution in [0.5, 0.6) is 0 Å². The van der Waals surface area contributed by atoms with Gasteiger partial charge in [0.15, 0.2) is 11.4 Å². The van der Waals surface area contributed by atoms with Crippen LogP contribution in [-0.4, -0.2) is 59.8 Å². The van der Waals surface area contributed by atoms with Crippen LogP contribution in [0, 0.1) is 27.0 Å². The standard InChI is InChI=1S/C21H27BN2O3.C20H19ClN4O.C5H4BrClN2/c1-13-9-19-16(11-18(13)23-6)17(12-24(19)14-7-8-15(25)10-14)22-26-20(2,3)21(4,5)27-22;1-11-5-19-14(7-18(11)23-2)16(15-8-24-9-17(22)20(15)21)10-25(19)12-3-4-13(26)6-12;6-3-1-9-2-4(8)5(3)7/h9,11-12,14-15,25H,7-8,10H2,1-5H3;5,7-10,12-13,26H,3-4,6,22H2,1H3;1-2H,8H2/t14-,15-;12-,13-;/m11./s1. The zero-order valence-corrected chi connectivity index (χ0v) is 38.7. The number of nitrogens with zero attached hydrogens (tertiary/aromatic N) is 6. The number of nitrogens with two attached hydrogens (primary N) is 2. The molecule has 3 fully saturated rings. The molecule has 0 radical (unpaired) electrons. The van der Waals surface area contributed by atoms with Crippen LogP contribution < -0.4 is 16.9 Å². The zero-order chi connectivity index (χ0) is 44.8. The van der Waals surface area contributed by atoms with Crippen LogP contribution in [-0.2, 0) is 9.31 Å². The maximum Gasteiger partial charge on any atom is 0.496 e. The topological polar surface area (TPSA) is 155 Å². The Morgan fingerprint density at radius 3 is 1.69 bits per heavy atom. The van der Waals surface area contributed by atoms with Crippen LogP contribution in [0.1, 0.15) is 89.4 Å². The maximum atomic E-state index is 10.0. The van der Waals surface area contributed by atoms with Crippen molar-refractivity contribution in [3.8, 4) is 11.1 Å². The lowest BCUT2D eigenvalue weighted by atomic mass is 9.79. The fraction of sp³-hybridized carbons (Fsp3) is 0.391. The fourth-order valence-electron chi connectivity index (χ4n) is 8.48. The first kappa shape index (κ1) is 45.4. The van der Waals surface area contributed by atoms with E-state index in [2.05, 4.69) is 63.2 Å². The van der Waals surface area contributed by atoms with Gasteiger partial charge in [-0.25, -0.2) is 9.69 Å². The quantitative estimate of drug-likeness (QED) is 0.101. The first-order valence-electron chi connectivity index (χ1n) is 20.5. The summed E-state index contributed by atoms with van der Waals surface area (Å²) in [6.07, 6.45) is 15.0. The molecule has 0 unspecified atom stereocenters. The minimum atomic E-state index is -0.466. The number of aromatic nitrogens is 4. The van der Waals surface area contributed by atoms with E-state index in [1.54, 1.807) is 12.4 Å². The molecule has 5 heterocycles. The second-order valence-corrected chi connectivity index (χ2v) is 19.0. The maximum absolute atomic E-state index is 10.0. The van der Waals surface area contributed by atoms with E-state index < -0.39 is 18.3 Å². The van der Waals surface area contributed by atoms with Gasteiger partial charge in [0.25, 0.3) is 0 Å². The Bertz CT molecular complexity index is 2720. The fourth-order valence-corrected chi connectivity index (χ4v) is 9.12. The monoisotopic (exact) mass is 938 g/mol. The molecule has 9 rings (SSSR count). The molecular formula is C46H50BBrCl2N8O4. The number of aryl methyl sites for hydroxylation is 2. The molecule has 322 valence electrons. The van der Waals surface area contributed by atoms with Gasteiger partial charge in [-0.2, -0.15) is 0 Å². The Labute approximate surface area is 381 Å². The minimum absolute atomic E-state index is 0.229. The molecule has 0 bridgehead atoms. The molecule has 2 saturated carbocycles. The number of hydrogen-bond donors (Lipinski definition) is 4. The summed E-state index contributed by atoms with van der Waals surface area (Å²) in [5.74, 6) is 0. The number of hydrogen-bond acceptors (Lipinski definition) is 8. The molecule has 4 atom stereocenters. The number of benzene rings is 2. The van der Waals surface area contributed by atoms with E-state index in [9.17, 15) is 10.2 Å². The average Bonchev–Trinajstić information content (AvgIpc) is 4.05. The molecule has 0 spiro atoms.